The predicted octanol–water partition coefficient (Wildman–Crippen LogP) is 2.89. The molecule has 0 atom stereocenters. The molecular formula is C21H29N3O3S. The molecule has 0 fully saturated rings. The first-order chi connectivity index (χ1) is 13.4. The van der Waals surface area contributed by atoms with E-state index in [-0.39, 0.29) is 5.75 Å². The number of para-hydroxylation sites is 1. The molecule has 152 valence electrons. The number of nitrogens with zero attached hydrogens (tertiary/aromatic N) is 1. The van der Waals surface area contributed by atoms with Gasteiger partial charge in [0.1, 0.15) is 5.75 Å². The van der Waals surface area contributed by atoms with E-state index in [4.69, 9.17) is 4.74 Å². The minimum atomic E-state index is -3.02. The maximum atomic E-state index is 11.4. The van der Waals surface area contributed by atoms with E-state index >= 15 is 0 Å². The molecule has 0 unspecified atom stereocenters. The number of aliphatic imine (C=N–C) groups is 1. The third-order valence-electron chi connectivity index (χ3n) is 3.93. The van der Waals surface area contributed by atoms with Crippen LogP contribution in [0.4, 0.5) is 0 Å². The van der Waals surface area contributed by atoms with Crippen LogP contribution < -0.4 is 15.4 Å². The van der Waals surface area contributed by atoms with Gasteiger partial charge in [-0.05, 0) is 31.0 Å². The van der Waals surface area contributed by atoms with Crippen LogP contribution in [0.2, 0.25) is 0 Å². The van der Waals surface area contributed by atoms with Crippen molar-refractivity contribution in [1.82, 2.24) is 10.6 Å². The van der Waals surface area contributed by atoms with Gasteiger partial charge >= 0.3 is 0 Å². The average molecular weight is 404 g/mol. The highest BCUT2D eigenvalue weighted by Crippen LogP contribution is 2.17. The molecule has 0 radical (unpaired) electrons. The summed E-state index contributed by atoms with van der Waals surface area (Å²) in [4.78, 5) is 4.61. The Labute approximate surface area is 168 Å². The van der Waals surface area contributed by atoms with Crippen LogP contribution in [0, 0.1) is 0 Å². The number of ether oxygens (including phenoxy) is 1. The molecule has 2 N–H and O–H groups in total. The van der Waals surface area contributed by atoms with E-state index in [1.54, 1.807) is 0 Å². The molecule has 6 nitrogen and oxygen atoms in total. The summed E-state index contributed by atoms with van der Waals surface area (Å²) in [5.41, 5.74) is 2.87. The quantitative estimate of drug-likeness (QED) is 0.497. The lowest BCUT2D eigenvalue weighted by molar-refractivity contribution is 0.336. The van der Waals surface area contributed by atoms with Gasteiger partial charge in [-0.15, -0.1) is 0 Å². The van der Waals surface area contributed by atoms with Crippen molar-refractivity contribution < 1.29 is 13.2 Å². The Bertz CT molecular complexity index is 878. The summed E-state index contributed by atoms with van der Waals surface area (Å²) in [5.74, 6) is 1.64. The van der Waals surface area contributed by atoms with Crippen LogP contribution in [0.1, 0.15) is 30.5 Å². The molecule has 0 bridgehead atoms. The summed E-state index contributed by atoms with van der Waals surface area (Å²) in [7, 11) is -3.02. The number of guanidine groups is 1. The number of rotatable bonds is 9. The average Bonchev–Trinajstić information content (AvgIpc) is 2.65. The Morgan fingerprint density at radius 1 is 1.00 bits per heavy atom. The van der Waals surface area contributed by atoms with Crippen LogP contribution in [-0.2, 0) is 28.7 Å². The third kappa shape index (κ3) is 7.60. The molecule has 0 amide bonds. The van der Waals surface area contributed by atoms with E-state index in [1.807, 2.05) is 62.4 Å². The van der Waals surface area contributed by atoms with Crippen LogP contribution >= 0.6 is 0 Å². The largest absolute Gasteiger partial charge is 0.494 e. The van der Waals surface area contributed by atoms with Gasteiger partial charge in [-0.1, -0.05) is 42.5 Å². The first kappa shape index (κ1) is 21.8. The van der Waals surface area contributed by atoms with Crippen LogP contribution in [0.15, 0.2) is 53.5 Å². The van der Waals surface area contributed by atoms with Crippen molar-refractivity contribution in [3.05, 3.63) is 65.2 Å². The molecule has 0 aliphatic rings. The maximum absolute atomic E-state index is 11.4. The Kier molecular flexibility index (Phi) is 8.32. The minimum Gasteiger partial charge on any atom is -0.494 e. The highest BCUT2D eigenvalue weighted by atomic mass is 32.2. The Balaban J connectivity index is 2.00. The van der Waals surface area contributed by atoms with Crippen LogP contribution in [-0.4, -0.2) is 33.8 Å². The van der Waals surface area contributed by atoms with Crippen molar-refractivity contribution in [2.45, 2.75) is 32.7 Å². The molecule has 0 aliphatic heterocycles. The van der Waals surface area contributed by atoms with Crippen molar-refractivity contribution in [1.29, 1.82) is 0 Å². The van der Waals surface area contributed by atoms with Crippen molar-refractivity contribution in [3.63, 3.8) is 0 Å². The molecular weight excluding hydrogens is 374 g/mol. The van der Waals surface area contributed by atoms with E-state index in [1.165, 1.54) is 6.26 Å². The summed E-state index contributed by atoms with van der Waals surface area (Å²) in [6.07, 6.45) is 1.24. The molecule has 0 aliphatic carbocycles. The van der Waals surface area contributed by atoms with E-state index in [0.29, 0.717) is 25.7 Å². The van der Waals surface area contributed by atoms with Gasteiger partial charge in [0.05, 0.1) is 18.9 Å². The molecule has 2 aromatic rings. The van der Waals surface area contributed by atoms with Crippen LogP contribution in [0.3, 0.4) is 0 Å². The number of hydrogen-bond acceptors (Lipinski definition) is 4. The summed E-state index contributed by atoms with van der Waals surface area (Å²) in [6, 6.07) is 15.4. The zero-order chi connectivity index (χ0) is 20.4. The molecule has 0 saturated heterocycles. The third-order valence-corrected chi connectivity index (χ3v) is 4.79. The smallest absolute Gasteiger partial charge is 0.191 e. The van der Waals surface area contributed by atoms with Gasteiger partial charge in [-0.3, -0.25) is 0 Å². The van der Waals surface area contributed by atoms with Gasteiger partial charge in [0, 0.05) is 24.9 Å². The lowest BCUT2D eigenvalue weighted by Crippen LogP contribution is -2.36. The van der Waals surface area contributed by atoms with Crippen LogP contribution in [0.25, 0.3) is 0 Å². The van der Waals surface area contributed by atoms with E-state index in [9.17, 15) is 8.42 Å². The summed E-state index contributed by atoms with van der Waals surface area (Å²) in [5, 5.41) is 6.56. The fraction of sp³-hybridized carbons (Fsp3) is 0.381. The lowest BCUT2D eigenvalue weighted by Gasteiger charge is -2.14. The Hall–Kier alpha value is -2.54. The molecule has 0 saturated carbocycles. The number of benzene rings is 2. The highest BCUT2D eigenvalue weighted by Gasteiger charge is 2.06. The number of nitrogens with one attached hydrogen (secondary N) is 2. The molecule has 0 aromatic heterocycles. The van der Waals surface area contributed by atoms with Gasteiger partial charge < -0.3 is 15.4 Å². The van der Waals surface area contributed by atoms with Gasteiger partial charge in [-0.25, -0.2) is 13.4 Å². The summed E-state index contributed by atoms with van der Waals surface area (Å²) in [6.45, 7) is 6.48. The van der Waals surface area contributed by atoms with Crippen molar-refractivity contribution in [3.8, 4) is 5.75 Å². The maximum Gasteiger partial charge on any atom is 0.191 e. The van der Waals surface area contributed by atoms with E-state index < -0.39 is 9.84 Å². The normalized spacial score (nSPS) is 11.9. The zero-order valence-corrected chi connectivity index (χ0v) is 17.6. The number of sulfone groups is 1. The standard InChI is InChI=1S/C21H29N3O3S/c1-4-22-21(24-15-19-8-6-7-9-20(19)27-5-2)23-14-17-10-12-18(13-11-17)16-28(3,25)26/h6-13H,4-5,14-16H2,1-3H3,(H2,22,23,24). The van der Waals surface area contributed by atoms with Gasteiger partial charge in [-0.2, -0.15) is 0 Å². The van der Waals surface area contributed by atoms with Gasteiger partial charge in [0.2, 0.25) is 0 Å². The molecule has 2 aromatic carbocycles. The second kappa shape index (κ2) is 10.7. The second-order valence-electron chi connectivity index (χ2n) is 6.48. The number of hydrogen-bond donors (Lipinski definition) is 2. The fourth-order valence-corrected chi connectivity index (χ4v) is 3.48. The topological polar surface area (TPSA) is 79.8 Å². The fourth-order valence-electron chi connectivity index (χ4n) is 2.68. The second-order valence-corrected chi connectivity index (χ2v) is 8.62. The molecule has 0 spiro atoms. The molecule has 7 heteroatoms. The van der Waals surface area contributed by atoms with Crippen molar-refractivity contribution in [2.75, 3.05) is 19.4 Å². The SMILES string of the molecule is CCNC(=NCc1ccc(CS(C)(=O)=O)cc1)NCc1ccccc1OCC. The van der Waals surface area contributed by atoms with Crippen LogP contribution in [0.5, 0.6) is 5.75 Å². The molecule has 0 heterocycles. The lowest BCUT2D eigenvalue weighted by atomic mass is 10.1. The van der Waals surface area contributed by atoms with E-state index in [0.717, 1.165) is 29.0 Å². The summed E-state index contributed by atoms with van der Waals surface area (Å²) < 4.78 is 28.4. The van der Waals surface area contributed by atoms with Crippen molar-refractivity contribution in [2.24, 2.45) is 4.99 Å². The Morgan fingerprint density at radius 2 is 1.68 bits per heavy atom. The molecule has 28 heavy (non-hydrogen) atoms. The predicted molar refractivity (Wildman–Crippen MR) is 114 cm³/mol. The monoisotopic (exact) mass is 403 g/mol. The zero-order valence-electron chi connectivity index (χ0n) is 16.7. The summed E-state index contributed by atoms with van der Waals surface area (Å²) >= 11 is 0. The van der Waals surface area contributed by atoms with Crippen molar-refractivity contribution >= 4 is 15.8 Å². The Morgan fingerprint density at radius 3 is 2.32 bits per heavy atom. The minimum absolute atomic E-state index is 0.0555. The van der Waals surface area contributed by atoms with Gasteiger partial charge in [0.25, 0.3) is 0 Å². The van der Waals surface area contributed by atoms with E-state index in [2.05, 4.69) is 15.6 Å². The van der Waals surface area contributed by atoms with Gasteiger partial charge in [0.15, 0.2) is 15.8 Å². The molecule has 2 rings (SSSR count). The first-order valence-corrected chi connectivity index (χ1v) is 11.5. The highest BCUT2D eigenvalue weighted by molar-refractivity contribution is 7.89. The first-order valence-electron chi connectivity index (χ1n) is 9.39.